The summed E-state index contributed by atoms with van der Waals surface area (Å²) in [4.78, 5) is 72.7. The summed E-state index contributed by atoms with van der Waals surface area (Å²) < 4.78 is 54.1. The largest absolute Gasteiger partial charge is 0.480 e. The van der Waals surface area contributed by atoms with E-state index >= 15 is 0 Å². The molecule has 0 aliphatic heterocycles. The van der Waals surface area contributed by atoms with Gasteiger partial charge in [-0.25, -0.2) is 33.6 Å². The number of likely N-dealkylation sites (N-methyl/N-ethyl adjacent to an activating group) is 1. The molecule has 0 aliphatic carbocycles. The van der Waals surface area contributed by atoms with Crippen LogP contribution in [0.15, 0.2) is 0 Å². The molecule has 0 aromatic heterocycles. The fraction of sp³-hybridized carbons (Fsp3) is 0.854. The van der Waals surface area contributed by atoms with Gasteiger partial charge in [0.15, 0.2) is 0 Å². The first-order chi connectivity index (χ1) is 40.4. The Morgan fingerprint density at radius 2 is 0.570 bits per heavy atom. The van der Waals surface area contributed by atoms with Crippen LogP contribution in [0.1, 0.15) is 0 Å². The van der Waals surface area contributed by atoms with Gasteiger partial charge in [0.05, 0.1) is 165 Å². The van der Waals surface area contributed by atoms with Crippen molar-refractivity contribution in [2.24, 2.45) is 33.1 Å². The van der Waals surface area contributed by atoms with Crippen molar-refractivity contribution in [1.29, 1.82) is 0 Å². The van der Waals surface area contributed by atoms with Crippen LogP contribution in [-0.2, 0) is 85.7 Å². The van der Waals surface area contributed by atoms with Gasteiger partial charge in [0.1, 0.15) is 46.2 Å². The van der Waals surface area contributed by atoms with Gasteiger partial charge in [0.25, 0.3) is 0 Å². The van der Waals surface area contributed by atoms with Crippen molar-refractivity contribution in [3.63, 3.8) is 0 Å². The summed E-state index contributed by atoms with van der Waals surface area (Å²) in [7, 11) is 8.98. The molecule has 0 spiro atoms. The van der Waals surface area contributed by atoms with Gasteiger partial charge >= 0.3 is 41.8 Å². The fourth-order valence-electron chi connectivity index (χ4n) is 5.72. The summed E-state index contributed by atoms with van der Waals surface area (Å²) in [5, 5.41) is 143. The van der Waals surface area contributed by atoms with E-state index in [0.717, 1.165) is 0 Å². The molecule has 0 radical (unpaired) electrons. The molecule has 0 aromatic rings. The van der Waals surface area contributed by atoms with Crippen LogP contribution in [0.2, 0.25) is 0 Å². The highest BCUT2D eigenvalue weighted by Crippen LogP contribution is 2.21. The lowest BCUT2D eigenvalue weighted by Gasteiger charge is -2.31. The van der Waals surface area contributed by atoms with E-state index in [9.17, 15) is 38.7 Å². The quantitative estimate of drug-likeness (QED) is 0.0269. The van der Waals surface area contributed by atoms with E-state index in [0.29, 0.717) is 6.54 Å². The molecule has 0 rings (SSSR count). The Labute approximate surface area is 497 Å². The summed E-state index contributed by atoms with van der Waals surface area (Å²) in [6.07, 6.45) is 0. The second-order valence-electron chi connectivity index (χ2n) is 19.0. The van der Waals surface area contributed by atoms with Crippen molar-refractivity contribution < 1.29 is 167 Å². The molecule has 0 fully saturated rings. The van der Waals surface area contributed by atoms with E-state index in [4.69, 9.17) is 135 Å². The maximum Gasteiger partial charge on any atom is 0.329 e. The molecule has 0 heterocycles. The topological polar surface area (TPSA) is 621 Å². The van der Waals surface area contributed by atoms with Crippen LogP contribution in [0.4, 0.5) is 0 Å². The third kappa shape index (κ3) is 51.4. The zero-order valence-electron chi connectivity index (χ0n) is 49.7. The summed E-state index contributed by atoms with van der Waals surface area (Å²) in [6.45, 7) is -5.61. The summed E-state index contributed by atoms with van der Waals surface area (Å²) in [5.41, 5.74) is 5.57. The standard InChI is InChI=1S/C12H20O10.2C10H19NO7.C6H14O4.2C5H13NO3/c1-19-5-12(6-20-2-9(13)14,7-21-3-10(15)16)8-22-4-11(17)18;1-16-5-10(4-11,6-17-2-8(12)13)7-18-3-9(14)15;1-11-4-10(5-12,6-17-2-8(13)14)7-18-3-9(15)16;1-10-5-6(2-7,3-8)4-9;1-9-4-5(6,2-7)3-8;1-6-5(2-7,3-8)4-9/h2-8H2,1H3,(H,13,14)(H,15,16)(H,17,18);2-7,11H2,1H3,(H,12,13)(H,14,15);11-12H,2-7H2,1H3,(H,13,14)(H,15,16);7-9H,2-5H2,1H3;7-8H,2-4,6H2,1H3;6-9H,2-4H2,1H3. The average Bonchev–Trinajstić information content (AvgIpc) is 3.37. The summed E-state index contributed by atoms with van der Waals surface area (Å²) in [6, 6.07) is 0. The van der Waals surface area contributed by atoms with Crippen molar-refractivity contribution in [2.75, 3.05) is 234 Å². The molecule has 0 atom stereocenters. The fourth-order valence-corrected chi connectivity index (χ4v) is 5.72. The number of hydrogen-bond acceptors (Lipinski definition) is 31. The van der Waals surface area contributed by atoms with E-state index in [1.807, 2.05) is 0 Å². The molecular weight excluding hydrogens is 1180 g/mol. The number of ether oxygens (including phenoxy) is 11. The summed E-state index contributed by atoms with van der Waals surface area (Å²) in [5.74, 6) is -7.94. The van der Waals surface area contributed by atoms with Crippen LogP contribution >= 0.6 is 0 Å². The molecule has 86 heavy (non-hydrogen) atoms. The van der Waals surface area contributed by atoms with Crippen LogP contribution in [0.5, 0.6) is 0 Å². The predicted octanol–water partition coefficient (Wildman–Crippen LogP) is -9.08. The molecular formula is C48H98N4O34. The average molecular weight is 1280 g/mol. The molecule has 38 heteroatoms. The number of aliphatic hydroxyl groups excluding tert-OH is 9. The molecule has 514 valence electrons. The molecule has 0 unspecified atom stereocenters. The SMILES string of the molecule is CNC(CO)(CO)CO.CNCC(CO)(COCC(=O)O)COCC(=O)O.COCC(CN)(COCC(=O)O)COCC(=O)O.COCC(CO)(CO)CO.COCC(COCC(=O)O)(COCC(=O)O)COCC(=O)O.COCC(N)(CO)CO. The molecule has 0 amide bonds. The van der Waals surface area contributed by atoms with Gasteiger partial charge < -0.3 is 156 Å². The normalized spacial score (nSPS) is 11.6. The minimum absolute atomic E-state index is 0.00581. The molecule has 22 N–H and O–H groups in total. The maximum atomic E-state index is 10.5. The zero-order valence-corrected chi connectivity index (χ0v) is 49.7. The Hall–Kier alpha value is -4.67. The van der Waals surface area contributed by atoms with Crippen molar-refractivity contribution in [1.82, 2.24) is 10.6 Å². The first kappa shape index (κ1) is 92.5. The number of hydrogen-bond donors (Lipinski definition) is 20. The highest BCUT2D eigenvalue weighted by atomic mass is 16.6. The molecule has 0 saturated heterocycles. The minimum atomic E-state index is -1.18. The second-order valence-corrected chi connectivity index (χ2v) is 19.0. The Morgan fingerprint density at radius 3 is 0.721 bits per heavy atom. The number of aliphatic carboxylic acids is 7. The van der Waals surface area contributed by atoms with Gasteiger partial charge in [-0.15, -0.1) is 0 Å². The number of nitrogens with one attached hydrogen (secondary N) is 2. The van der Waals surface area contributed by atoms with Crippen LogP contribution in [-0.4, -0.2) is 369 Å². The second kappa shape index (κ2) is 56.8. The smallest absolute Gasteiger partial charge is 0.329 e. The Morgan fingerprint density at radius 1 is 0.337 bits per heavy atom. The molecule has 38 nitrogen and oxygen atoms in total. The number of nitrogens with two attached hydrogens (primary N) is 2. The lowest BCUT2D eigenvalue weighted by Crippen LogP contribution is -2.52. The zero-order chi connectivity index (χ0) is 67.7. The Balaban J connectivity index is -0.000000231. The van der Waals surface area contributed by atoms with Crippen LogP contribution < -0.4 is 22.1 Å². The number of aliphatic hydroxyl groups is 9. The minimum Gasteiger partial charge on any atom is -0.480 e. The van der Waals surface area contributed by atoms with E-state index in [1.165, 1.54) is 28.4 Å². The monoisotopic (exact) mass is 1270 g/mol. The van der Waals surface area contributed by atoms with Crippen molar-refractivity contribution in [3.8, 4) is 0 Å². The van der Waals surface area contributed by atoms with Crippen LogP contribution in [0.3, 0.4) is 0 Å². The van der Waals surface area contributed by atoms with Crippen molar-refractivity contribution >= 4 is 41.8 Å². The van der Waals surface area contributed by atoms with Gasteiger partial charge in [-0.2, -0.15) is 0 Å². The molecule has 0 bridgehead atoms. The molecule has 0 aliphatic rings. The van der Waals surface area contributed by atoms with Crippen molar-refractivity contribution in [2.45, 2.75) is 11.1 Å². The first-order valence-electron chi connectivity index (χ1n) is 25.2. The van der Waals surface area contributed by atoms with E-state index in [1.54, 1.807) is 14.1 Å². The van der Waals surface area contributed by atoms with Gasteiger partial charge in [0.2, 0.25) is 0 Å². The van der Waals surface area contributed by atoms with Crippen LogP contribution in [0, 0.1) is 21.7 Å². The van der Waals surface area contributed by atoms with Crippen LogP contribution in [0.25, 0.3) is 0 Å². The third-order valence-electron chi connectivity index (χ3n) is 10.6. The Kier molecular flexibility index (Phi) is 61.1. The highest BCUT2D eigenvalue weighted by Gasteiger charge is 2.35. The lowest BCUT2D eigenvalue weighted by molar-refractivity contribution is -0.155. The molecule has 0 aromatic carbocycles. The summed E-state index contributed by atoms with van der Waals surface area (Å²) >= 11 is 0. The van der Waals surface area contributed by atoms with Gasteiger partial charge in [-0.1, -0.05) is 0 Å². The predicted molar refractivity (Wildman–Crippen MR) is 292 cm³/mol. The molecule has 0 saturated carbocycles. The van der Waals surface area contributed by atoms with Gasteiger partial charge in [0, 0.05) is 41.5 Å². The number of rotatable bonds is 49. The number of methoxy groups -OCH3 is 4. The Bertz CT molecular complexity index is 1540. The maximum absolute atomic E-state index is 10.5. The number of carbonyl (C=O) groups is 7. The lowest BCUT2D eigenvalue weighted by atomic mass is 9.91. The highest BCUT2D eigenvalue weighted by molar-refractivity contribution is 5.69. The van der Waals surface area contributed by atoms with Gasteiger partial charge in [-0.3, -0.25) is 0 Å². The van der Waals surface area contributed by atoms with E-state index in [2.05, 4.69) is 15.4 Å². The van der Waals surface area contributed by atoms with E-state index < -0.39 is 121 Å². The van der Waals surface area contributed by atoms with Gasteiger partial charge in [-0.05, 0) is 14.1 Å². The van der Waals surface area contributed by atoms with E-state index in [-0.39, 0.29) is 139 Å². The number of carboxylic acids is 7. The third-order valence-corrected chi connectivity index (χ3v) is 10.6. The number of carboxylic acid groups (broad SMARTS) is 7. The first-order valence-corrected chi connectivity index (χ1v) is 25.2. The van der Waals surface area contributed by atoms with Crippen molar-refractivity contribution in [3.05, 3.63) is 0 Å².